The minimum Gasteiger partial charge on any atom is -0.333 e. The highest BCUT2D eigenvalue weighted by Crippen LogP contribution is 2.23. The number of benzene rings is 1. The Labute approximate surface area is 179 Å². The first-order valence-corrected chi connectivity index (χ1v) is 12.4. The second-order valence-electron chi connectivity index (χ2n) is 7.92. The largest absolute Gasteiger partial charge is 0.333 e. The summed E-state index contributed by atoms with van der Waals surface area (Å²) in [5.74, 6) is 0.0532. The number of carbonyl (C=O) groups is 1. The van der Waals surface area contributed by atoms with Gasteiger partial charge in [-0.25, -0.2) is 13.1 Å². The first-order valence-electron chi connectivity index (χ1n) is 10.6. The van der Waals surface area contributed by atoms with Crippen LogP contribution in [0.5, 0.6) is 0 Å². The fourth-order valence-corrected chi connectivity index (χ4v) is 5.81. The third-order valence-corrected chi connectivity index (χ3v) is 7.80. The molecular weight excluding hydrogens is 400 g/mol. The Hall–Kier alpha value is -2.19. The third kappa shape index (κ3) is 4.75. The Bertz CT molecular complexity index is 996. The number of aromatic nitrogens is 2. The van der Waals surface area contributed by atoms with E-state index in [1.807, 2.05) is 38.1 Å². The molecule has 1 aliphatic heterocycles. The van der Waals surface area contributed by atoms with Crippen molar-refractivity contribution < 1.29 is 13.2 Å². The molecule has 1 atom stereocenters. The van der Waals surface area contributed by atoms with E-state index in [1.165, 1.54) is 0 Å². The summed E-state index contributed by atoms with van der Waals surface area (Å²) in [4.78, 5) is 17.5. The van der Waals surface area contributed by atoms with E-state index in [-0.39, 0.29) is 23.5 Å². The van der Waals surface area contributed by atoms with Gasteiger partial charge in [-0.15, -0.1) is 0 Å². The maximum absolute atomic E-state index is 13.5. The molecule has 1 aromatic heterocycles. The Morgan fingerprint density at radius 1 is 1.17 bits per heavy atom. The first kappa shape index (κ1) is 22.5. The van der Waals surface area contributed by atoms with Gasteiger partial charge in [0.15, 0.2) is 9.84 Å². The fraction of sp³-hybridized carbons (Fsp3) is 0.545. The van der Waals surface area contributed by atoms with E-state index in [0.717, 1.165) is 36.6 Å². The van der Waals surface area contributed by atoms with Crippen LogP contribution in [0, 0.1) is 13.8 Å². The lowest BCUT2D eigenvalue weighted by Crippen LogP contribution is -2.45. The van der Waals surface area contributed by atoms with E-state index in [2.05, 4.69) is 23.8 Å². The molecule has 0 N–H and O–H groups in total. The van der Waals surface area contributed by atoms with Crippen LogP contribution in [0.25, 0.3) is 5.69 Å². The molecule has 1 unspecified atom stereocenters. The summed E-state index contributed by atoms with van der Waals surface area (Å²) in [7, 11) is -3.09. The topological polar surface area (TPSA) is 75.5 Å². The lowest BCUT2D eigenvalue weighted by molar-refractivity contribution is 0.0673. The monoisotopic (exact) mass is 432 g/mol. The molecule has 1 aliphatic rings. The zero-order valence-electron chi connectivity index (χ0n) is 18.3. The molecule has 0 aliphatic carbocycles. The molecule has 164 valence electrons. The molecule has 1 amide bonds. The molecule has 1 fully saturated rings. The molecule has 0 spiro atoms. The van der Waals surface area contributed by atoms with Crippen LogP contribution in [0.3, 0.4) is 0 Å². The number of rotatable bonds is 8. The summed E-state index contributed by atoms with van der Waals surface area (Å²) >= 11 is 0. The van der Waals surface area contributed by atoms with E-state index < -0.39 is 9.84 Å². The molecule has 8 heteroatoms. The van der Waals surface area contributed by atoms with Gasteiger partial charge in [-0.2, -0.15) is 5.10 Å². The standard InChI is InChI=1S/C22H32N4O3S/c1-5-24(6-2)12-13-25(19-11-14-30(28,29)16-19)22(27)20-15-23-26(18(20)4)21-10-8-7-9-17(21)3/h7-10,15,19H,5-6,11-14,16H2,1-4H3. The Kier molecular flexibility index (Phi) is 6.98. The molecule has 30 heavy (non-hydrogen) atoms. The molecule has 2 aromatic rings. The zero-order valence-corrected chi connectivity index (χ0v) is 19.2. The van der Waals surface area contributed by atoms with Crippen molar-refractivity contribution in [3.8, 4) is 5.69 Å². The van der Waals surface area contributed by atoms with Crippen LogP contribution >= 0.6 is 0 Å². The quantitative estimate of drug-likeness (QED) is 0.641. The van der Waals surface area contributed by atoms with Gasteiger partial charge >= 0.3 is 0 Å². The summed E-state index contributed by atoms with van der Waals surface area (Å²) in [6.45, 7) is 11.1. The predicted octanol–water partition coefficient (Wildman–Crippen LogP) is 2.46. The lowest BCUT2D eigenvalue weighted by atomic mass is 10.1. The van der Waals surface area contributed by atoms with Crippen LogP contribution in [0.4, 0.5) is 0 Å². The molecule has 1 saturated heterocycles. The van der Waals surface area contributed by atoms with Gasteiger partial charge in [0.25, 0.3) is 5.91 Å². The zero-order chi connectivity index (χ0) is 21.9. The molecule has 0 saturated carbocycles. The fourth-order valence-electron chi connectivity index (χ4n) is 4.08. The van der Waals surface area contributed by atoms with Crippen molar-refractivity contribution in [1.29, 1.82) is 0 Å². The number of para-hydroxylation sites is 1. The van der Waals surface area contributed by atoms with Gasteiger partial charge in [-0.05, 0) is 45.0 Å². The number of hydrogen-bond acceptors (Lipinski definition) is 5. The van der Waals surface area contributed by atoms with Crippen molar-refractivity contribution in [2.45, 2.75) is 40.2 Å². The second kappa shape index (κ2) is 9.31. The number of carbonyl (C=O) groups excluding carboxylic acids is 1. The van der Waals surface area contributed by atoms with Crippen molar-refractivity contribution >= 4 is 15.7 Å². The Balaban J connectivity index is 1.90. The van der Waals surface area contributed by atoms with Gasteiger partial charge < -0.3 is 9.80 Å². The van der Waals surface area contributed by atoms with E-state index >= 15 is 0 Å². The Morgan fingerprint density at radius 3 is 2.47 bits per heavy atom. The van der Waals surface area contributed by atoms with Crippen LogP contribution in [0.2, 0.25) is 0 Å². The number of amides is 1. The lowest BCUT2D eigenvalue weighted by Gasteiger charge is -2.30. The summed E-state index contributed by atoms with van der Waals surface area (Å²) in [6.07, 6.45) is 2.11. The molecule has 1 aromatic carbocycles. The second-order valence-corrected chi connectivity index (χ2v) is 10.2. The van der Waals surface area contributed by atoms with Crippen molar-refractivity contribution in [2.75, 3.05) is 37.7 Å². The summed E-state index contributed by atoms with van der Waals surface area (Å²) < 4.78 is 26.0. The molecule has 3 rings (SSSR count). The molecule has 2 heterocycles. The average molecular weight is 433 g/mol. The normalized spacial score (nSPS) is 18.1. The summed E-state index contributed by atoms with van der Waals surface area (Å²) in [6, 6.07) is 7.63. The molecule has 0 bridgehead atoms. The highest BCUT2D eigenvalue weighted by Gasteiger charge is 2.36. The number of hydrogen-bond donors (Lipinski definition) is 0. The van der Waals surface area contributed by atoms with Gasteiger partial charge in [-0.3, -0.25) is 4.79 Å². The van der Waals surface area contributed by atoms with Crippen LogP contribution < -0.4 is 0 Å². The van der Waals surface area contributed by atoms with Crippen LogP contribution in [0.1, 0.15) is 41.9 Å². The smallest absolute Gasteiger partial charge is 0.257 e. The van der Waals surface area contributed by atoms with Crippen molar-refractivity contribution in [1.82, 2.24) is 19.6 Å². The minimum absolute atomic E-state index is 0.0436. The van der Waals surface area contributed by atoms with Crippen LogP contribution in [-0.2, 0) is 9.84 Å². The average Bonchev–Trinajstić information content (AvgIpc) is 3.27. The van der Waals surface area contributed by atoms with Gasteiger partial charge in [0, 0.05) is 19.1 Å². The van der Waals surface area contributed by atoms with Crippen molar-refractivity contribution in [2.24, 2.45) is 0 Å². The predicted molar refractivity (Wildman–Crippen MR) is 119 cm³/mol. The van der Waals surface area contributed by atoms with E-state index in [1.54, 1.807) is 15.8 Å². The number of sulfone groups is 1. The summed E-state index contributed by atoms with van der Waals surface area (Å²) in [5.41, 5.74) is 3.31. The molecule has 7 nitrogen and oxygen atoms in total. The summed E-state index contributed by atoms with van der Waals surface area (Å²) in [5, 5.41) is 4.47. The van der Waals surface area contributed by atoms with Gasteiger partial charge in [0.2, 0.25) is 0 Å². The molecular formula is C22H32N4O3S. The van der Waals surface area contributed by atoms with Gasteiger partial charge in [0.05, 0.1) is 34.6 Å². The maximum atomic E-state index is 13.5. The van der Waals surface area contributed by atoms with E-state index in [0.29, 0.717) is 18.5 Å². The number of nitrogens with zero attached hydrogens (tertiary/aromatic N) is 4. The van der Waals surface area contributed by atoms with Crippen molar-refractivity contribution in [3.05, 3.63) is 47.3 Å². The van der Waals surface area contributed by atoms with E-state index in [4.69, 9.17) is 0 Å². The van der Waals surface area contributed by atoms with Crippen LogP contribution in [-0.4, -0.2) is 77.6 Å². The third-order valence-electron chi connectivity index (χ3n) is 6.05. The van der Waals surface area contributed by atoms with E-state index in [9.17, 15) is 13.2 Å². The van der Waals surface area contributed by atoms with Gasteiger partial charge in [0.1, 0.15) is 0 Å². The van der Waals surface area contributed by atoms with Gasteiger partial charge in [-0.1, -0.05) is 32.0 Å². The number of aryl methyl sites for hydroxylation is 1. The first-order chi connectivity index (χ1) is 14.3. The molecule has 0 radical (unpaired) electrons. The Morgan fingerprint density at radius 2 is 1.87 bits per heavy atom. The maximum Gasteiger partial charge on any atom is 0.257 e. The van der Waals surface area contributed by atoms with Crippen molar-refractivity contribution in [3.63, 3.8) is 0 Å². The van der Waals surface area contributed by atoms with Crippen LogP contribution in [0.15, 0.2) is 30.5 Å². The number of likely N-dealkylation sites (N-methyl/N-ethyl adjacent to an activating group) is 1. The SMILES string of the molecule is CCN(CC)CCN(C(=O)c1cnn(-c2ccccc2C)c1C)C1CCS(=O)(=O)C1. The minimum atomic E-state index is -3.09. The highest BCUT2D eigenvalue weighted by atomic mass is 32.2. The highest BCUT2D eigenvalue weighted by molar-refractivity contribution is 7.91.